The van der Waals surface area contributed by atoms with Gasteiger partial charge in [-0.3, -0.25) is 4.57 Å². The first-order valence-electron chi connectivity index (χ1n) is 6.59. The molecule has 0 amide bonds. The number of imidazole rings is 1. The van der Waals surface area contributed by atoms with Crippen molar-refractivity contribution >= 4 is 11.9 Å². The van der Waals surface area contributed by atoms with Crippen molar-refractivity contribution in [2.45, 2.75) is 13.5 Å². The van der Waals surface area contributed by atoms with E-state index in [9.17, 15) is 0 Å². The number of anilines is 2. The predicted octanol–water partition coefficient (Wildman–Crippen LogP) is 1.69. The lowest BCUT2D eigenvalue weighted by Crippen LogP contribution is -2.11. The molecule has 0 atom stereocenters. The van der Waals surface area contributed by atoms with E-state index in [1.54, 1.807) is 29.6 Å². The molecule has 21 heavy (non-hydrogen) atoms. The van der Waals surface area contributed by atoms with Gasteiger partial charge in [-0.15, -0.1) is 0 Å². The molecule has 0 saturated heterocycles. The average molecular weight is 285 g/mol. The third-order valence-electron chi connectivity index (χ3n) is 2.69. The van der Waals surface area contributed by atoms with E-state index in [4.69, 9.17) is 4.42 Å². The lowest BCUT2D eigenvalue weighted by molar-refractivity contribution is 0.517. The van der Waals surface area contributed by atoms with Gasteiger partial charge < -0.3 is 15.1 Å². The van der Waals surface area contributed by atoms with Crippen molar-refractivity contribution in [1.82, 2.24) is 24.5 Å². The van der Waals surface area contributed by atoms with Crippen LogP contribution in [0, 0.1) is 0 Å². The molecule has 3 aromatic rings. The van der Waals surface area contributed by atoms with E-state index < -0.39 is 0 Å². The molecule has 3 rings (SSSR count). The van der Waals surface area contributed by atoms with Gasteiger partial charge in [0, 0.05) is 18.9 Å². The highest BCUT2D eigenvalue weighted by atomic mass is 16.3. The van der Waals surface area contributed by atoms with Gasteiger partial charge in [-0.2, -0.15) is 15.0 Å². The molecule has 2 N–H and O–H groups in total. The van der Waals surface area contributed by atoms with Crippen LogP contribution in [-0.4, -0.2) is 31.0 Å². The van der Waals surface area contributed by atoms with E-state index in [1.165, 1.54) is 0 Å². The third kappa shape index (κ3) is 3.16. The molecular weight excluding hydrogens is 270 g/mol. The number of aromatic nitrogens is 5. The first kappa shape index (κ1) is 13.1. The molecule has 0 radical (unpaired) electrons. The predicted molar refractivity (Wildman–Crippen MR) is 77.1 cm³/mol. The SMILES string of the molecule is CCNc1nc(NCc2ccco2)nc(-n2ccnc2)n1. The van der Waals surface area contributed by atoms with Crippen molar-refractivity contribution in [2.75, 3.05) is 17.2 Å². The van der Waals surface area contributed by atoms with E-state index in [0.717, 1.165) is 12.3 Å². The van der Waals surface area contributed by atoms with Crippen molar-refractivity contribution in [3.63, 3.8) is 0 Å². The van der Waals surface area contributed by atoms with E-state index in [1.807, 2.05) is 19.1 Å². The third-order valence-corrected chi connectivity index (χ3v) is 2.69. The topological polar surface area (TPSA) is 93.7 Å². The Morgan fingerprint density at radius 2 is 2.05 bits per heavy atom. The van der Waals surface area contributed by atoms with Crippen LogP contribution in [0.1, 0.15) is 12.7 Å². The summed E-state index contributed by atoms with van der Waals surface area (Å²) in [6, 6.07) is 3.72. The van der Waals surface area contributed by atoms with Crippen molar-refractivity contribution in [3.8, 4) is 5.95 Å². The van der Waals surface area contributed by atoms with Crippen molar-refractivity contribution in [3.05, 3.63) is 42.9 Å². The van der Waals surface area contributed by atoms with Gasteiger partial charge in [0.2, 0.25) is 17.8 Å². The Kier molecular flexibility index (Phi) is 3.77. The first-order chi connectivity index (χ1) is 10.3. The molecule has 3 heterocycles. The fourth-order valence-corrected chi connectivity index (χ4v) is 1.75. The highest BCUT2D eigenvalue weighted by Gasteiger charge is 2.08. The van der Waals surface area contributed by atoms with Crippen LogP contribution >= 0.6 is 0 Å². The fraction of sp³-hybridized carbons (Fsp3) is 0.231. The van der Waals surface area contributed by atoms with Crippen LogP contribution in [-0.2, 0) is 6.54 Å². The minimum absolute atomic E-state index is 0.473. The molecule has 0 bridgehead atoms. The summed E-state index contributed by atoms with van der Waals surface area (Å²) in [5.74, 6) is 2.30. The summed E-state index contributed by atoms with van der Waals surface area (Å²) in [6.45, 7) is 3.22. The second kappa shape index (κ2) is 6.04. The zero-order valence-electron chi connectivity index (χ0n) is 11.5. The Hall–Kier alpha value is -2.90. The quantitative estimate of drug-likeness (QED) is 0.711. The largest absolute Gasteiger partial charge is 0.467 e. The van der Waals surface area contributed by atoms with Crippen LogP contribution in [0.4, 0.5) is 11.9 Å². The Balaban J connectivity index is 1.84. The zero-order valence-corrected chi connectivity index (χ0v) is 11.5. The smallest absolute Gasteiger partial charge is 0.241 e. The molecule has 8 heteroatoms. The molecule has 0 fully saturated rings. The summed E-state index contributed by atoms with van der Waals surface area (Å²) in [5, 5.41) is 6.20. The van der Waals surface area contributed by atoms with Crippen LogP contribution in [0.5, 0.6) is 0 Å². The minimum atomic E-state index is 0.473. The van der Waals surface area contributed by atoms with E-state index in [0.29, 0.717) is 24.4 Å². The highest BCUT2D eigenvalue weighted by molar-refractivity contribution is 5.38. The van der Waals surface area contributed by atoms with Crippen LogP contribution in [0.2, 0.25) is 0 Å². The molecule has 0 aliphatic heterocycles. The number of nitrogens with zero attached hydrogens (tertiary/aromatic N) is 5. The monoisotopic (exact) mass is 285 g/mol. The Morgan fingerprint density at radius 3 is 2.71 bits per heavy atom. The van der Waals surface area contributed by atoms with E-state index in [-0.39, 0.29) is 0 Å². The number of nitrogens with one attached hydrogen (secondary N) is 2. The van der Waals surface area contributed by atoms with Crippen molar-refractivity contribution < 1.29 is 4.42 Å². The zero-order chi connectivity index (χ0) is 14.5. The first-order valence-corrected chi connectivity index (χ1v) is 6.59. The lowest BCUT2D eigenvalue weighted by Gasteiger charge is -2.08. The van der Waals surface area contributed by atoms with E-state index in [2.05, 4.69) is 30.6 Å². The Labute approximate surface area is 121 Å². The van der Waals surface area contributed by atoms with Gasteiger partial charge in [-0.1, -0.05) is 0 Å². The van der Waals surface area contributed by atoms with Crippen LogP contribution < -0.4 is 10.6 Å². The maximum atomic E-state index is 5.27. The minimum Gasteiger partial charge on any atom is -0.467 e. The normalized spacial score (nSPS) is 10.5. The number of hydrogen-bond acceptors (Lipinski definition) is 7. The van der Waals surface area contributed by atoms with Gasteiger partial charge in [0.1, 0.15) is 12.1 Å². The molecule has 0 aliphatic rings. The van der Waals surface area contributed by atoms with E-state index >= 15 is 0 Å². The molecule has 0 aliphatic carbocycles. The summed E-state index contributed by atoms with van der Waals surface area (Å²) in [4.78, 5) is 17.0. The van der Waals surface area contributed by atoms with Gasteiger partial charge in [-0.25, -0.2) is 4.98 Å². The number of hydrogen-bond donors (Lipinski definition) is 2. The molecular formula is C13H15N7O. The van der Waals surface area contributed by atoms with Gasteiger partial charge in [0.15, 0.2) is 0 Å². The highest BCUT2D eigenvalue weighted by Crippen LogP contribution is 2.10. The average Bonchev–Trinajstić information content (AvgIpc) is 3.19. The van der Waals surface area contributed by atoms with Gasteiger partial charge in [0.05, 0.1) is 12.8 Å². The summed E-state index contributed by atoms with van der Waals surface area (Å²) in [7, 11) is 0. The summed E-state index contributed by atoms with van der Waals surface area (Å²) < 4.78 is 6.99. The molecule has 8 nitrogen and oxygen atoms in total. The van der Waals surface area contributed by atoms with Gasteiger partial charge in [0.25, 0.3) is 0 Å². The van der Waals surface area contributed by atoms with Crippen molar-refractivity contribution in [2.24, 2.45) is 0 Å². The van der Waals surface area contributed by atoms with Crippen LogP contribution in [0.15, 0.2) is 41.5 Å². The maximum absolute atomic E-state index is 5.27. The second-order valence-electron chi connectivity index (χ2n) is 4.22. The second-order valence-corrected chi connectivity index (χ2v) is 4.22. The van der Waals surface area contributed by atoms with Crippen molar-refractivity contribution in [1.29, 1.82) is 0 Å². The molecule has 0 unspecified atom stereocenters. The molecule has 108 valence electrons. The molecule has 0 aromatic carbocycles. The summed E-state index contributed by atoms with van der Waals surface area (Å²) in [5.41, 5.74) is 0. The number of rotatable bonds is 6. The number of furan rings is 1. The summed E-state index contributed by atoms with van der Waals surface area (Å²) >= 11 is 0. The van der Waals surface area contributed by atoms with Crippen LogP contribution in [0.3, 0.4) is 0 Å². The Bertz CT molecular complexity index is 679. The lowest BCUT2D eigenvalue weighted by atomic mass is 10.4. The Morgan fingerprint density at radius 1 is 1.19 bits per heavy atom. The molecule has 0 saturated carbocycles. The summed E-state index contributed by atoms with van der Waals surface area (Å²) in [6.07, 6.45) is 6.72. The maximum Gasteiger partial charge on any atom is 0.241 e. The fourth-order valence-electron chi connectivity index (χ4n) is 1.75. The molecule has 0 spiro atoms. The van der Waals surface area contributed by atoms with Crippen LogP contribution in [0.25, 0.3) is 5.95 Å². The van der Waals surface area contributed by atoms with Gasteiger partial charge in [-0.05, 0) is 19.1 Å². The standard InChI is InChI=1S/C13H15N7O/c1-2-15-11-17-12(16-8-10-4-3-7-21-10)19-13(18-11)20-6-5-14-9-20/h3-7,9H,2,8H2,1H3,(H2,15,16,17,18,19). The molecule has 3 aromatic heterocycles. The van der Waals surface area contributed by atoms with Gasteiger partial charge >= 0.3 is 0 Å².